The number of hydrogen-bond acceptors (Lipinski definition) is 11. The van der Waals surface area contributed by atoms with Gasteiger partial charge >= 0.3 is 0 Å². The minimum absolute atomic E-state index is 0.0189. The number of rotatable bonds is 31. The minimum Gasteiger partial charge on any atom is -0.449 e. The van der Waals surface area contributed by atoms with Crippen LogP contribution < -0.4 is 20.7 Å². The molecule has 4 heterocycles. The van der Waals surface area contributed by atoms with Gasteiger partial charge in [0.1, 0.15) is 30.0 Å². The van der Waals surface area contributed by atoms with Gasteiger partial charge in [-0.25, -0.2) is 9.97 Å². The summed E-state index contributed by atoms with van der Waals surface area (Å²) in [5, 5.41) is 16.9. The summed E-state index contributed by atoms with van der Waals surface area (Å²) in [6, 6.07) is 46.4. The van der Waals surface area contributed by atoms with Gasteiger partial charge in [-0.3, -0.25) is 0 Å². The first-order valence-corrected chi connectivity index (χ1v) is 44.3. The quantitative estimate of drug-likeness (QED) is 0.0330. The van der Waals surface area contributed by atoms with Crippen molar-refractivity contribution in [3.05, 3.63) is 181 Å². The molecule has 0 bridgehead atoms. The van der Waals surface area contributed by atoms with Gasteiger partial charge in [-0.2, -0.15) is 0 Å². The smallest absolute Gasteiger partial charge is 0.261 e. The first-order valence-electron chi connectivity index (χ1n) is 35.8. The van der Waals surface area contributed by atoms with Gasteiger partial charge in [0.15, 0.2) is 14.2 Å². The number of aromatic nitrogens is 2. The lowest BCUT2D eigenvalue weighted by atomic mass is 9.79. The molecule has 0 saturated carbocycles. The molecule has 0 unspecified atom stereocenters. The van der Waals surface area contributed by atoms with E-state index < -0.39 is 45.5 Å². The summed E-state index contributed by atoms with van der Waals surface area (Å²) >= 11 is 0. The molecule has 2 saturated heterocycles. The Morgan fingerprint density at radius 1 is 0.663 bits per heavy atom. The monoisotopic (exact) mass is 1360 g/mol. The number of aliphatic hydroxyl groups is 1. The zero-order chi connectivity index (χ0) is 69.1. The number of ether oxygens (including phenoxy) is 2. The first-order chi connectivity index (χ1) is 45.1. The first kappa shape index (κ1) is 75.9. The molecular formula is C80H118N2O9Si4. The molecule has 0 aliphatic carbocycles. The zero-order valence-corrected chi connectivity index (χ0v) is 65.3. The van der Waals surface area contributed by atoms with E-state index in [9.17, 15) is 5.11 Å². The second kappa shape index (κ2) is 32.9. The highest BCUT2D eigenvalue weighted by Gasteiger charge is 2.55. The Kier molecular flexibility index (Phi) is 26.2. The average molecular weight is 1360 g/mol. The molecule has 2 fully saturated rings. The summed E-state index contributed by atoms with van der Waals surface area (Å²) in [5.41, 5.74) is 4.84. The number of hydrogen-bond donors (Lipinski definition) is 1. The molecule has 2 aliphatic heterocycles. The van der Waals surface area contributed by atoms with Crippen molar-refractivity contribution in [2.75, 3.05) is 6.61 Å². The van der Waals surface area contributed by atoms with E-state index in [4.69, 9.17) is 47.6 Å². The van der Waals surface area contributed by atoms with Crippen LogP contribution in [0.2, 0.25) is 44.8 Å². The van der Waals surface area contributed by atoms with Crippen molar-refractivity contribution in [3.63, 3.8) is 0 Å². The molecule has 95 heavy (non-hydrogen) atoms. The van der Waals surface area contributed by atoms with Crippen molar-refractivity contribution < 1.29 is 41.1 Å². The van der Waals surface area contributed by atoms with Gasteiger partial charge in [-0.05, 0) is 122 Å². The molecule has 0 spiro atoms. The van der Waals surface area contributed by atoms with Crippen molar-refractivity contribution in [3.8, 4) is 0 Å². The van der Waals surface area contributed by atoms with E-state index in [-0.39, 0.29) is 58.5 Å². The molecule has 0 radical (unpaired) electrons. The van der Waals surface area contributed by atoms with E-state index in [1.165, 1.54) is 20.7 Å². The molecule has 0 amide bonds. The maximum atomic E-state index is 12.5. The summed E-state index contributed by atoms with van der Waals surface area (Å²) in [4.78, 5) is 9.81. The van der Waals surface area contributed by atoms with E-state index in [1.54, 1.807) is 12.5 Å². The van der Waals surface area contributed by atoms with Crippen molar-refractivity contribution in [2.24, 2.45) is 11.8 Å². The second-order valence-corrected chi connectivity index (χ2v) is 49.5. The molecule has 1 N–H and O–H groups in total. The highest BCUT2D eigenvalue weighted by Crippen LogP contribution is 2.48. The fourth-order valence-corrected chi connectivity index (χ4v) is 34.4. The maximum absolute atomic E-state index is 12.5. The number of nitrogens with zero attached hydrogens (tertiary/aromatic N) is 2. The summed E-state index contributed by atoms with van der Waals surface area (Å²) in [6.07, 6.45) is 10.4. The van der Waals surface area contributed by atoms with Crippen LogP contribution >= 0.6 is 0 Å². The fourth-order valence-electron chi connectivity index (χ4n) is 16.5. The third-order valence-corrected chi connectivity index (χ3v) is 42.3. The molecule has 11 nitrogen and oxygen atoms in total. The summed E-state index contributed by atoms with van der Waals surface area (Å²) in [7, 11) is -10.3. The largest absolute Gasteiger partial charge is 0.449 e. The third kappa shape index (κ3) is 17.4. The lowest BCUT2D eigenvalue weighted by Crippen LogP contribution is -2.68. The van der Waals surface area contributed by atoms with Crippen LogP contribution in [0.5, 0.6) is 0 Å². The summed E-state index contributed by atoms with van der Waals surface area (Å²) < 4.78 is 57.1. The molecule has 10 atom stereocenters. The van der Waals surface area contributed by atoms with Crippen molar-refractivity contribution in [1.82, 2.24) is 9.97 Å². The van der Waals surface area contributed by atoms with Crippen LogP contribution in [-0.2, 0) is 27.2 Å². The van der Waals surface area contributed by atoms with Crippen molar-refractivity contribution in [2.45, 2.75) is 264 Å². The predicted molar refractivity (Wildman–Crippen MR) is 402 cm³/mol. The molecule has 15 heteroatoms. The molecule has 8 rings (SSSR count). The van der Waals surface area contributed by atoms with Gasteiger partial charge in [0.25, 0.3) is 16.6 Å². The Morgan fingerprint density at radius 2 is 1.18 bits per heavy atom. The lowest BCUT2D eigenvalue weighted by Gasteiger charge is -2.52. The van der Waals surface area contributed by atoms with Crippen LogP contribution in [0, 0.1) is 18.8 Å². The molecule has 518 valence electrons. The molecule has 2 aliphatic rings. The Labute approximate surface area is 576 Å². The van der Waals surface area contributed by atoms with Crippen LogP contribution in [0.25, 0.3) is 12.2 Å². The standard InChI is InChI=1S/C80H118N2O9Si4/c1-21-92(22-2,23-3)89-68(54-86-94(79(15,16)17,69-37-28-24-29-38-69)70-39-30-25-31-40-70)48-59(10)47-65(83)50-66-51-67(90-95(80(18,19)20,71-41-32-26-33-42-71)72-43-34-27-35-44-72)52-75(87-66)73-55-85-76(82-73)46-36-45-74-61(12)78(91-93(56(4)5,57(6)7)58(8)9)62(13)77(88-74)60(11)49-64-53-84-63(14)81-64/h24-44,46,49,53,55-58,61-62,65-68,74-75,77-78,83H,10,21-23,45,47-48,50-52,54H2,1-9,11-20H3/b46-36+,60-49+/t61-,62-,65-,66+,67+,68+,74+,75+,77-,78-/m0/s1. The predicted octanol–water partition coefficient (Wildman–Crippen LogP) is 18.3. The van der Waals surface area contributed by atoms with Crippen LogP contribution in [-0.4, -0.2) is 97.7 Å². The molecule has 2 aromatic heterocycles. The van der Waals surface area contributed by atoms with E-state index in [1.807, 2.05) is 13.0 Å². The highest BCUT2D eigenvalue weighted by atomic mass is 28.4. The van der Waals surface area contributed by atoms with E-state index in [2.05, 4.69) is 263 Å². The van der Waals surface area contributed by atoms with Gasteiger partial charge in [-0.15, -0.1) is 0 Å². The number of benzene rings is 4. The number of aryl methyl sites for hydroxylation is 1. The molecule has 4 aromatic carbocycles. The highest BCUT2D eigenvalue weighted by molar-refractivity contribution is 7.00. The van der Waals surface area contributed by atoms with Crippen molar-refractivity contribution in [1.29, 1.82) is 0 Å². The van der Waals surface area contributed by atoms with Gasteiger partial charge < -0.3 is 41.1 Å². The molecular weight excluding hydrogens is 1250 g/mol. The van der Waals surface area contributed by atoms with Crippen molar-refractivity contribution >= 4 is 66.2 Å². The summed E-state index contributed by atoms with van der Waals surface area (Å²) in [5.74, 6) is 1.34. The van der Waals surface area contributed by atoms with Crippen LogP contribution in [0.1, 0.15) is 192 Å². The second-order valence-electron chi connectivity index (χ2n) is 30.8. The van der Waals surface area contributed by atoms with Gasteiger partial charge in [0.05, 0.1) is 49.3 Å². The van der Waals surface area contributed by atoms with Gasteiger partial charge in [-0.1, -0.05) is 257 Å². The Balaban J connectivity index is 1.07. The number of aliphatic hydroxyl groups excluding tert-OH is 1. The maximum Gasteiger partial charge on any atom is 0.261 e. The minimum atomic E-state index is -3.03. The molecule has 6 aromatic rings. The van der Waals surface area contributed by atoms with E-state index in [0.717, 1.165) is 35.0 Å². The third-order valence-electron chi connectivity index (χ3n) is 21.4. The topological polar surface area (TPSA) is 128 Å². The van der Waals surface area contributed by atoms with E-state index >= 15 is 0 Å². The normalized spacial score (nSPS) is 22.1. The SMILES string of the molecule is C=C(C[C@H](O)C[C@@H]1C[C@@H](O[Si](c2ccccc2)(c2ccccc2)C(C)(C)C)C[C@H](c2coc(/C=C/C[C@H]3O[C@@H](/C(C)=C/c4coc(C)n4)[C@H](C)[C@@H](O[Si](C(C)C)(C(C)C)C(C)C)[C@H]3C)n2)O1)C[C@H](CO[Si](c1ccccc1)(c1ccccc1)C(C)(C)C)O[Si](CC)(CC)CC. The fraction of sp³-hybridized carbons (Fsp3) is 0.550. The van der Waals surface area contributed by atoms with Crippen LogP contribution in [0.3, 0.4) is 0 Å². The zero-order valence-electron chi connectivity index (χ0n) is 61.3. The van der Waals surface area contributed by atoms with Gasteiger partial charge in [0, 0.05) is 25.2 Å². The average Bonchev–Trinajstić information content (AvgIpc) is 0.844. The Hall–Kier alpha value is -4.89. The van der Waals surface area contributed by atoms with Crippen LogP contribution in [0.4, 0.5) is 0 Å². The van der Waals surface area contributed by atoms with E-state index in [0.29, 0.717) is 79.2 Å². The van der Waals surface area contributed by atoms with Crippen LogP contribution in [0.15, 0.2) is 166 Å². The Morgan fingerprint density at radius 3 is 1.65 bits per heavy atom. The van der Waals surface area contributed by atoms with Gasteiger partial charge in [0.2, 0.25) is 14.2 Å². The number of oxazole rings is 2. The summed E-state index contributed by atoms with van der Waals surface area (Å²) in [6.45, 7) is 48.8. The Bertz CT molecular complexity index is 3260. The lowest BCUT2D eigenvalue weighted by molar-refractivity contribution is -0.144.